The molecular weight excluding hydrogens is 288 g/mol. The number of nitrogens with zero attached hydrogens (tertiary/aromatic N) is 2. The Balaban J connectivity index is 1.72. The molecule has 1 aliphatic carbocycles. The number of carbonyl (C=O) groups excluding carboxylic acids is 2. The van der Waals surface area contributed by atoms with Gasteiger partial charge < -0.3 is 9.80 Å². The van der Waals surface area contributed by atoms with Gasteiger partial charge in [-0.05, 0) is 48.3 Å². The second-order valence-electron chi connectivity index (χ2n) is 9.80. The molecule has 2 bridgehead atoms. The number of hydrogen-bond acceptors (Lipinski definition) is 2. The van der Waals surface area contributed by atoms with E-state index in [4.69, 9.17) is 0 Å². The van der Waals surface area contributed by atoms with E-state index in [-0.39, 0.29) is 28.7 Å². The topological polar surface area (TPSA) is 40.6 Å². The predicted molar refractivity (Wildman–Crippen MR) is 90.8 cm³/mol. The van der Waals surface area contributed by atoms with Gasteiger partial charge in [0, 0.05) is 25.7 Å². The number of rotatable bonds is 0. The van der Waals surface area contributed by atoms with Gasteiger partial charge in [0.25, 0.3) is 0 Å². The van der Waals surface area contributed by atoms with Gasteiger partial charge in [-0.25, -0.2) is 0 Å². The Hall–Kier alpha value is -1.06. The van der Waals surface area contributed by atoms with E-state index < -0.39 is 0 Å². The highest BCUT2D eigenvalue weighted by Crippen LogP contribution is 2.52. The van der Waals surface area contributed by atoms with Crippen LogP contribution >= 0.6 is 0 Å². The second kappa shape index (κ2) is 5.49. The molecule has 0 aromatic heterocycles. The van der Waals surface area contributed by atoms with Crippen LogP contribution in [0.2, 0.25) is 0 Å². The maximum absolute atomic E-state index is 12.9. The first kappa shape index (κ1) is 16.8. The number of likely N-dealkylation sites (tertiary alicyclic amines) is 2. The molecule has 2 heterocycles. The van der Waals surface area contributed by atoms with Crippen molar-refractivity contribution in [3.8, 4) is 0 Å². The Morgan fingerprint density at radius 2 is 1.57 bits per heavy atom. The van der Waals surface area contributed by atoms with Crippen LogP contribution in [0.15, 0.2) is 0 Å². The lowest BCUT2D eigenvalue weighted by atomic mass is 9.65. The lowest BCUT2D eigenvalue weighted by Gasteiger charge is -2.39. The van der Waals surface area contributed by atoms with Gasteiger partial charge in [0.2, 0.25) is 0 Å². The largest absolute Gasteiger partial charge is 0.334 e. The molecule has 0 N–H and O–H groups in total. The van der Waals surface area contributed by atoms with Crippen LogP contribution in [-0.4, -0.2) is 47.3 Å². The molecule has 3 rings (SSSR count). The van der Waals surface area contributed by atoms with Crippen molar-refractivity contribution in [3.63, 3.8) is 0 Å². The zero-order chi connectivity index (χ0) is 17.0. The summed E-state index contributed by atoms with van der Waals surface area (Å²) in [6.07, 6.45) is 4.37. The van der Waals surface area contributed by atoms with E-state index >= 15 is 0 Å². The van der Waals surface area contributed by atoms with Crippen LogP contribution < -0.4 is 0 Å². The molecule has 4 nitrogen and oxygen atoms in total. The van der Waals surface area contributed by atoms with Gasteiger partial charge in [-0.15, -0.1) is 0 Å². The fourth-order valence-electron chi connectivity index (χ4n) is 5.78. The lowest BCUT2D eigenvalue weighted by molar-refractivity contribution is -0.154. The maximum atomic E-state index is 12.9. The molecule has 0 aromatic carbocycles. The molecule has 4 unspecified atom stereocenters. The minimum absolute atomic E-state index is 0.185. The summed E-state index contributed by atoms with van der Waals surface area (Å²) < 4.78 is 0. The maximum Gasteiger partial charge on any atom is 0.312 e. The number of amides is 2. The summed E-state index contributed by atoms with van der Waals surface area (Å²) in [5, 5.41) is 0. The summed E-state index contributed by atoms with van der Waals surface area (Å²) in [6.45, 7) is 13.4. The summed E-state index contributed by atoms with van der Waals surface area (Å²) in [5.41, 5.74) is 0.453. The lowest BCUT2D eigenvalue weighted by Crippen LogP contribution is -2.51. The standard InChI is InChI=1S/C19H32N2O2/c1-13-6-14(2)10-20(9-13)16(22)17(23)21-12-19(5)8-15(21)7-18(3,4)11-19/h13-15H,6-12H2,1-5H3. The van der Waals surface area contributed by atoms with E-state index in [1.807, 2.05) is 4.90 Å². The molecule has 4 heteroatoms. The molecule has 3 fully saturated rings. The molecule has 2 saturated heterocycles. The van der Waals surface area contributed by atoms with Crippen LogP contribution in [0.1, 0.15) is 60.3 Å². The summed E-state index contributed by atoms with van der Waals surface area (Å²) in [6, 6.07) is 0.250. The molecule has 2 aliphatic heterocycles. The smallest absolute Gasteiger partial charge is 0.312 e. The molecule has 4 atom stereocenters. The van der Waals surface area contributed by atoms with E-state index in [0.29, 0.717) is 11.8 Å². The van der Waals surface area contributed by atoms with Gasteiger partial charge in [0.05, 0.1) is 0 Å². The van der Waals surface area contributed by atoms with Crippen LogP contribution in [0.3, 0.4) is 0 Å². The van der Waals surface area contributed by atoms with Crippen molar-refractivity contribution in [1.29, 1.82) is 0 Å². The number of fused-ring (bicyclic) bond motifs is 2. The third-order valence-electron chi connectivity index (χ3n) is 6.01. The van der Waals surface area contributed by atoms with Crippen molar-refractivity contribution >= 4 is 11.8 Å². The molecule has 0 spiro atoms. The zero-order valence-electron chi connectivity index (χ0n) is 15.4. The van der Waals surface area contributed by atoms with Crippen LogP contribution in [-0.2, 0) is 9.59 Å². The molecular formula is C19H32N2O2. The average molecular weight is 320 g/mol. The Kier molecular flexibility index (Phi) is 4.01. The number of piperidine rings is 1. The molecule has 3 aliphatic rings. The molecule has 2 amide bonds. The van der Waals surface area contributed by atoms with E-state index in [9.17, 15) is 9.59 Å². The van der Waals surface area contributed by atoms with Gasteiger partial charge in [-0.2, -0.15) is 0 Å². The fourth-order valence-corrected chi connectivity index (χ4v) is 5.78. The average Bonchev–Trinajstić information content (AvgIpc) is 2.65. The van der Waals surface area contributed by atoms with Crippen LogP contribution in [0.25, 0.3) is 0 Å². The minimum Gasteiger partial charge on any atom is -0.334 e. The van der Waals surface area contributed by atoms with E-state index in [0.717, 1.165) is 45.3 Å². The van der Waals surface area contributed by atoms with E-state index in [1.165, 1.54) is 0 Å². The SMILES string of the molecule is CC1CC(C)CN(C(=O)C(=O)N2CC3(C)CC2CC(C)(C)C3)C1. The summed E-state index contributed by atoms with van der Waals surface area (Å²) in [4.78, 5) is 29.4. The van der Waals surface area contributed by atoms with Crippen molar-refractivity contribution in [2.24, 2.45) is 22.7 Å². The van der Waals surface area contributed by atoms with Gasteiger partial charge in [0.15, 0.2) is 0 Å². The number of hydrogen-bond donors (Lipinski definition) is 0. The van der Waals surface area contributed by atoms with Crippen molar-refractivity contribution in [2.45, 2.75) is 66.3 Å². The van der Waals surface area contributed by atoms with Crippen LogP contribution in [0.5, 0.6) is 0 Å². The van der Waals surface area contributed by atoms with E-state index in [2.05, 4.69) is 34.6 Å². The fraction of sp³-hybridized carbons (Fsp3) is 0.895. The molecule has 130 valence electrons. The van der Waals surface area contributed by atoms with Gasteiger partial charge in [-0.3, -0.25) is 9.59 Å². The highest BCUT2D eigenvalue weighted by Gasteiger charge is 2.52. The molecule has 0 aromatic rings. The van der Waals surface area contributed by atoms with Gasteiger partial charge in [0.1, 0.15) is 0 Å². The first-order valence-electron chi connectivity index (χ1n) is 9.18. The Labute approximate surface area is 140 Å². The highest BCUT2D eigenvalue weighted by molar-refractivity contribution is 6.35. The van der Waals surface area contributed by atoms with Gasteiger partial charge in [-0.1, -0.05) is 34.6 Å². The Morgan fingerprint density at radius 1 is 0.957 bits per heavy atom. The molecule has 1 saturated carbocycles. The summed E-state index contributed by atoms with van der Waals surface area (Å²) in [7, 11) is 0. The number of carbonyl (C=O) groups is 2. The van der Waals surface area contributed by atoms with Crippen molar-refractivity contribution in [2.75, 3.05) is 19.6 Å². The molecule has 23 heavy (non-hydrogen) atoms. The third-order valence-corrected chi connectivity index (χ3v) is 6.01. The normalized spacial score (nSPS) is 39.4. The molecule has 0 radical (unpaired) electrons. The van der Waals surface area contributed by atoms with Crippen LogP contribution in [0.4, 0.5) is 0 Å². The first-order valence-corrected chi connectivity index (χ1v) is 9.18. The van der Waals surface area contributed by atoms with Crippen molar-refractivity contribution < 1.29 is 9.59 Å². The first-order chi connectivity index (χ1) is 10.6. The zero-order valence-corrected chi connectivity index (χ0v) is 15.4. The monoisotopic (exact) mass is 320 g/mol. The Bertz CT molecular complexity index is 505. The van der Waals surface area contributed by atoms with Crippen molar-refractivity contribution in [3.05, 3.63) is 0 Å². The van der Waals surface area contributed by atoms with Crippen LogP contribution in [0, 0.1) is 22.7 Å². The quantitative estimate of drug-likeness (QED) is 0.644. The van der Waals surface area contributed by atoms with Crippen molar-refractivity contribution in [1.82, 2.24) is 9.80 Å². The van der Waals surface area contributed by atoms with Gasteiger partial charge >= 0.3 is 11.8 Å². The summed E-state index contributed by atoms with van der Waals surface area (Å²) in [5.74, 6) is 0.463. The minimum atomic E-state index is -0.266. The predicted octanol–water partition coefficient (Wildman–Crippen LogP) is 2.92. The highest BCUT2D eigenvalue weighted by atomic mass is 16.2. The third kappa shape index (κ3) is 3.27. The Morgan fingerprint density at radius 3 is 2.17 bits per heavy atom. The summed E-state index contributed by atoms with van der Waals surface area (Å²) >= 11 is 0. The second-order valence-corrected chi connectivity index (χ2v) is 9.80. The van der Waals surface area contributed by atoms with E-state index in [1.54, 1.807) is 4.90 Å².